The van der Waals surface area contributed by atoms with E-state index in [4.69, 9.17) is 9.47 Å². The molecule has 0 spiro atoms. The van der Waals surface area contributed by atoms with Crippen molar-refractivity contribution in [2.45, 2.75) is 6.92 Å². The van der Waals surface area contributed by atoms with Crippen LogP contribution in [0.5, 0.6) is 23.0 Å². The number of carbonyl (C=O) groups is 2. The van der Waals surface area contributed by atoms with Crippen LogP contribution in [0.25, 0.3) is 6.08 Å². The minimum atomic E-state index is -0.681. The standard InChI is InChI=1S/C25H21N3O6/c1-15(19-9-8-18(29)13-21(19)30)27-28-25(32)20(26-24(31)17-5-3-2-4-6-17)11-16-7-10-22-23(12-16)34-14-33-22/h2-13,29-30H,14H2,1H3,(H,26,31)(H,28,32)/b20-11-,27-15+. The first kappa shape index (κ1) is 22.4. The molecule has 4 N–H and O–H groups in total. The van der Waals surface area contributed by atoms with E-state index in [1.165, 1.54) is 24.3 Å². The number of ether oxygens (including phenoxy) is 2. The Balaban J connectivity index is 1.60. The van der Waals surface area contributed by atoms with Gasteiger partial charge in [-0.3, -0.25) is 9.59 Å². The number of benzene rings is 3. The molecule has 0 unspecified atom stereocenters. The van der Waals surface area contributed by atoms with Gasteiger partial charge in [-0.2, -0.15) is 5.10 Å². The van der Waals surface area contributed by atoms with Gasteiger partial charge in [0, 0.05) is 17.2 Å². The van der Waals surface area contributed by atoms with Crippen molar-refractivity contribution >= 4 is 23.6 Å². The van der Waals surface area contributed by atoms with Crippen LogP contribution in [0.15, 0.2) is 77.5 Å². The van der Waals surface area contributed by atoms with E-state index in [0.717, 1.165) is 0 Å². The Kier molecular flexibility index (Phi) is 6.45. The molecule has 9 nitrogen and oxygen atoms in total. The molecule has 1 heterocycles. The van der Waals surface area contributed by atoms with Gasteiger partial charge in [-0.25, -0.2) is 5.43 Å². The summed E-state index contributed by atoms with van der Waals surface area (Å²) in [5.74, 6) is -0.330. The Hall–Kier alpha value is -4.79. The van der Waals surface area contributed by atoms with Gasteiger partial charge in [0.2, 0.25) is 6.79 Å². The lowest BCUT2D eigenvalue weighted by Crippen LogP contribution is -2.33. The number of hydrogen-bond acceptors (Lipinski definition) is 7. The molecule has 0 fully saturated rings. The van der Waals surface area contributed by atoms with Crippen molar-refractivity contribution in [1.82, 2.24) is 10.7 Å². The normalized spacial score (nSPS) is 12.9. The fourth-order valence-electron chi connectivity index (χ4n) is 3.19. The van der Waals surface area contributed by atoms with Crippen LogP contribution in [0, 0.1) is 0 Å². The van der Waals surface area contributed by atoms with E-state index >= 15 is 0 Å². The van der Waals surface area contributed by atoms with Crippen molar-refractivity contribution < 1.29 is 29.3 Å². The maximum absolute atomic E-state index is 13.0. The van der Waals surface area contributed by atoms with Gasteiger partial charge in [-0.05, 0) is 55.0 Å². The second kappa shape index (κ2) is 9.78. The first-order chi connectivity index (χ1) is 16.4. The van der Waals surface area contributed by atoms with Crippen molar-refractivity contribution in [1.29, 1.82) is 0 Å². The van der Waals surface area contributed by atoms with E-state index in [1.807, 2.05) is 0 Å². The SMILES string of the molecule is C/C(=N\NC(=O)/C(=C/c1ccc2c(c1)OCO2)NC(=O)c1ccccc1)c1ccc(O)cc1O. The van der Waals surface area contributed by atoms with Gasteiger partial charge in [0.25, 0.3) is 11.8 Å². The number of phenols is 2. The Morgan fingerprint density at radius 1 is 0.971 bits per heavy atom. The molecule has 0 aromatic heterocycles. The van der Waals surface area contributed by atoms with Gasteiger partial charge in [0.15, 0.2) is 11.5 Å². The largest absolute Gasteiger partial charge is 0.508 e. The quantitative estimate of drug-likeness (QED) is 0.255. The molecule has 0 aliphatic carbocycles. The van der Waals surface area contributed by atoms with Crippen molar-refractivity contribution in [2.75, 3.05) is 6.79 Å². The highest BCUT2D eigenvalue weighted by molar-refractivity contribution is 6.06. The molecule has 0 saturated carbocycles. The van der Waals surface area contributed by atoms with E-state index < -0.39 is 11.8 Å². The maximum atomic E-state index is 13.0. The molecular formula is C25H21N3O6. The number of rotatable bonds is 6. The minimum absolute atomic E-state index is 0.0563. The Morgan fingerprint density at radius 2 is 1.74 bits per heavy atom. The van der Waals surface area contributed by atoms with Crippen LogP contribution in [0.3, 0.4) is 0 Å². The number of phenolic OH excluding ortho intramolecular Hbond substituents is 2. The number of amides is 2. The number of hydrazone groups is 1. The molecule has 34 heavy (non-hydrogen) atoms. The van der Waals surface area contributed by atoms with Gasteiger partial charge < -0.3 is 25.0 Å². The predicted octanol–water partition coefficient (Wildman–Crippen LogP) is 3.14. The summed E-state index contributed by atoms with van der Waals surface area (Å²) >= 11 is 0. The predicted molar refractivity (Wildman–Crippen MR) is 125 cm³/mol. The van der Waals surface area contributed by atoms with E-state index in [9.17, 15) is 19.8 Å². The summed E-state index contributed by atoms with van der Waals surface area (Å²) in [6.45, 7) is 1.69. The highest BCUT2D eigenvalue weighted by atomic mass is 16.7. The van der Waals surface area contributed by atoms with Crippen LogP contribution in [0.1, 0.15) is 28.4 Å². The van der Waals surface area contributed by atoms with Crippen molar-refractivity contribution in [2.24, 2.45) is 5.10 Å². The first-order valence-electron chi connectivity index (χ1n) is 10.3. The summed E-state index contributed by atoms with van der Waals surface area (Å²) in [6, 6.07) is 17.6. The lowest BCUT2D eigenvalue weighted by Gasteiger charge is -2.10. The maximum Gasteiger partial charge on any atom is 0.287 e. The monoisotopic (exact) mass is 459 g/mol. The molecule has 3 aromatic carbocycles. The molecule has 172 valence electrons. The molecular weight excluding hydrogens is 438 g/mol. The Labute approximate surface area is 195 Å². The smallest absolute Gasteiger partial charge is 0.287 e. The number of carbonyl (C=O) groups excluding carboxylic acids is 2. The Morgan fingerprint density at radius 3 is 2.50 bits per heavy atom. The topological polar surface area (TPSA) is 129 Å². The zero-order valence-corrected chi connectivity index (χ0v) is 18.1. The third-order valence-corrected chi connectivity index (χ3v) is 4.93. The van der Waals surface area contributed by atoms with Gasteiger partial charge in [-0.15, -0.1) is 0 Å². The Bertz CT molecular complexity index is 1300. The van der Waals surface area contributed by atoms with Gasteiger partial charge in [0.05, 0.1) is 5.71 Å². The average Bonchev–Trinajstić information content (AvgIpc) is 3.30. The van der Waals surface area contributed by atoms with Crippen LogP contribution < -0.4 is 20.2 Å². The molecule has 0 radical (unpaired) electrons. The molecule has 0 saturated heterocycles. The van der Waals surface area contributed by atoms with Crippen LogP contribution in [0.2, 0.25) is 0 Å². The minimum Gasteiger partial charge on any atom is -0.508 e. The summed E-state index contributed by atoms with van der Waals surface area (Å²) in [7, 11) is 0. The second-order valence-electron chi connectivity index (χ2n) is 7.33. The first-order valence-corrected chi connectivity index (χ1v) is 10.3. The van der Waals surface area contributed by atoms with Crippen LogP contribution >= 0.6 is 0 Å². The number of fused-ring (bicyclic) bond motifs is 1. The second-order valence-corrected chi connectivity index (χ2v) is 7.33. The molecule has 2 amide bonds. The zero-order chi connectivity index (χ0) is 24.1. The third kappa shape index (κ3) is 5.16. The fourth-order valence-corrected chi connectivity index (χ4v) is 3.19. The lowest BCUT2D eigenvalue weighted by molar-refractivity contribution is -0.117. The number of nitrogens with one attached hydrogen (secondary N) is 2. The summed E-state index contributed by atoms with van der Waals surface area (Å²) < 4.78 is 10.7. The molecule has 4 rings (SSSR count). The molecule has 0 atom stereocenters. The van der Waals surface area contributed by atoms with Gasteiger partial charge in [-0.1, -0.05) is 24.3 Å². The van der Waals surface area contributed by atoms with E-state index in [1.54, 1.807) is 55.5 Å². The molecule has 3 aromatic rings. The summed E-state index contributed by atoms with van der Waals surface area (Å²) in [4.78, 5) is 25.7. The zero-order valence-electron chi connectivity index (χ0n) is 18.1. The fraction of sp³-hybridized carbons (Fsp3) is 0.0800. The summed E-state index contributed by atoms with van der Waals surface area (Å²) in [5, 5.41) is 26.1. The highest BCUT2D eigenvalue weighted by Crippen LogP contribution is 2.33. The van der Waals surface area contributed by atoms with Crippen LogP contribution in [-0.2, 0) is 4.79 Å². The van der Waals surface area contributed by atoms with E-state index in [2.05, 4.69) is 15.8 Å². The number of nitrogens with zero attached hydrogens (tertiary/aromatic N) is 1. The average molecular weight is 459 g/mol. The van der Waals surface area contributed by atoms with Crippen LogP contribution in [0.4, 0.5) is 0 Å². The highest BCUT2D eigenvalue weighted by Gasteiger charge is 2.17. The summed E-state index contributed by atoms with van der Waals surface area (Å²) in [5.41, 5.74) is 3.93. The summed E-state index contributed by atoms with van der Waals surface area (Å²) in [6.07, 6.45) is 1.49. The van der Waals surface area contributed by atoms with Crippen LogP contribution in [-0.4, -0.2) is 34.5 Å². The molecule has 0 bridgehead atoms. The van der Waals surface area contributed by atoms with Gasteiger partial charge >= 0.3 is 0 Å². The van der Waals surface area contributed by atoms with Crippen molar-refractivity contribution in [3.8, 4) is 23.0 Å². The molecule has 9 heteroatoms. The number of aromatic hydroxyl groups is 2. The van der Waals surface area contributed by atoms with Crippen molar-refractivity contribution in [3.05, 3.63) is 89.1 Å². The van der Waals surface area contributed by atoms with E-state index in [-0.39, 0.29) is 24.0 Å². The number of hydrogen-bond donors (Lipinski definition) is 4. The van der Waals surface area contributed by atoms with Crippen molar-refractivity contribution in [3.63, 3.8) is 0 Å². The molecule has 1 aliphatic rings. The third-order valence-electron chi connectivity index (χ3n) is 4.93. The lowest BCUT2D eigenvalue weighted by atomic mass is 10.1. The van der Waals surface area contributed by atoms with Gasteiger partial charge in [0.1, 0.15) is 17.2 Å². The molecule has 1 aliphatic heterocycles. The van der Waals surface area contributed by atoms with E-state index in [0.29, 0.717) is 33.9 Å².